The summed E-state index contributed by atoms with van der Waals surface area (Å²) in [5, 5.41) is 3.57. The lowest BCUT2D eigenvalue weighted by Crippen LogP contribution is -2.27. The molecule has 0 saturated heterocycles. The molecule has 1 heterocycles. The minimum atomic E-state index is -0.497. The van der Waals surface area contributed by atoms with Crippen LogP contribution in [0.4, 0.5) is 10.3 Å². The van der Waals surface area contributed by atoms with Gasteiger partial charge in [0.25, 0.3) is 0 Å². The number of halogens is 2. The van der Waals surface area contributed by atoms with E-state index in [1.807, 2.05) is 19.1 Å². The van der Waals surface area contributed by atoms with Gasteiger partial charge < -0.3 is 19.4 Å². The molecule has 0 atom stereocenters. The summed E-state index contributed by atoms with van der Waals surface area (Å²) >= 11 is 5.99. The third-order valence-corrected chi connectivity index (χ3v) is 5.06. The number of aromatic nitrogens is 2. The van der Waals surface area contributed by atoms with Gasteiger partial charge in [0.15, 0.2) is 0 Å². The fraction of sp³-hybridized carbons (Fsp3) is 0.364. The quantitative estimate of drug-likeness (QED) is 0.683. The summed E-state index contributed by atoms with van der Waals surface area (Å²) in [4.78, 5) is 16.5. The van der Waals surface area contributed by atoms with E-state index in [0.29, 0.717) is 23.1 Å². The zero-order valence-corrected chi connectivity index (χ0v) is 18.2. The summed E-state index contributed by atoms with van der Waals surface area (Å²) < 4.78 is 26.3. The van der Waals surface area contributed by atoms with E-state index < -0.39 is 11.4 Å². The Hall–Kier alpha value is -2.80. The van der Waals surface area contributed by atoms with Crippen molar-refractivity contribution in [2.24, 2.45) is 5.41 Å². The Morgan fingerprint density at radius 3 is 2.77 bits per heavy atom. The van der Waals surface area contributed by atoms with Crippen molar-refractivity contribution < 1.29 is 13.9 Å². The van der Waals surface area contributed by atoms with Crippen LogP contribution in [-0.4, -0.2) is 23.3 Å². The van der Waals surface area contributed by atoms with E-state index in [1.165, 1.54) is 19.2 Å². The lowest BCUT2D eigenvalue weighted by Gasteiger charge is -2.31. The number of rotatable bonds is 7. The van der Waals surface area contributed by atoms with Crippen LogP contribution in [0.3, 0.4) is 0 Å². The van der Waals surface area contributed by atoms with E-state index >= 15 is 0 Å². The van der Waals surface area contributed by atoms with Crippen molar-refractivity contribution in [3.05, 3.63) is 74.8 Å². The second-order valence-corrected chi connectivity index (χ2v) is 8.09. The van der Waals surface area contributed by atoms with Gasteiger partial charge in [-0.15, -0.1) is 0 Å². The highest BCUT2D eigenvalue weighted by molar-refractivity contribution is 6.30. The molecule has 1 aromatic carbocycles. The number of hydrogen-bond donors (Lipinski definition) is 1. The van der Waals surface area contributed by atoms with Gasteiger partial charge in [-0.05, 0) is 49.3 Å². The third kappa shape index (κ3) is 5.02. The van der Waals surface area contributed by atoms with Gasteiger partial charge in [-0.25, -0.2) is 4.39 Å². The van der Waals surface area contributed by atoms with Crippen molar-refractivity contribution in [1.29, 1.82) is 0 Å². The highest BCUT2D eigenvalue weighted by atomic mass is 35.5. The van der Waals surface area contributed by atoms with E-state index in [4.69, 9.17) is 21.1 Å². The maximum Gasteiger partial charge on any atom is 0.316 e. The van der Waals surface area contributed by atoms with Crippen molar-refractivity contribution in [2.45, 2.75) is 33.7 Å². The van der Waals surface area contributed by atoms with Crippen LogP contribution in [0.15, 0.2) is 52.8 Å². The molecule has 0 bridgehead atoms. The molecule has 0 unspecified atom stereocenters. The summed E-state index contributed by atoms with van der Waals surface area (Å²) in [6.07, 6.45) is 6.26. The number of nitrogens with zero attached hydrogens (tertiary/aromatic N) is 2. The predicted octanol–water partition coefficient (Wildman–Crippen LogP) is 4.74. The zero-order chi connectivity index (χ0) is 21.9. The first-order valence-corrected chi connectivity index (χ1v) is 10.0. The SMILES string of the molecule is CCOC1=CCC(C)(C)C(Nc2nc(=O)c(OC)cn2Cc2cc(F)cc(Cl)c2)=C1. The van der Waals surface area contributed by atoms with Crippen LogP contribution in [0.1, 0.15) is 32.8 Å². The lowest BCUT2D eigenvalue weighted by molar-refractivity contribution is 0.234. The van der Waals surface area contributed by atoms with Gasteiger partial charge >= 0.3 is 5.56 Å². The molecule has 0 fully saturated rings. The number of allylic oxidation sites excluding steroid dienone is 3. The van der Waals surface area contributed by atoms with Crippen LogP contribution >= 0.6 is 11.6 Å². The molecule has 0 amide bonds. The monoisotopic (exact) mass is 433 g/mol. The number of hydrogen-bond acceptors (Lipinski definition) is 5. The second-order valence-electron chi connectivity index (χ2n) is 7.65. The van der Waals surface area contributed by atoms with Crippen LogP contribution in [0.5, 0.6) is 5.75 Å². The minimum Gasteiger partial charge on any atom is -0.494 e. The molecule has 1 N–H and O–H groups in total. The molecule has 0 aliphatic heterocycles. The van der Waals surface area contributed by atoms with Gasteiger partial charge in [0, 0.05) is 16.1 Å². The Morgan fingerprint density at radius 2 is 2.10 bits per heavy atom. The van der Waals surface area contributed by atoms with E-state index in [2.05, 4.69) is 24.1 Å². The molecule has 3 rings (SSSR count). The van der Waals surface area contributed by atoms with Crippen molar-refractivity contribution in [1.82, 2.24) is 9.55 Å². The Kier molecular flexibility index (Phi) is 6.51. The van der Waals surface area contributed by atoms with Crippen LogP contribution in [-0.2, 0) is 11.3 Å². The second kappa shape index (κ2) is 8.92. The van der Waals surface area contributed by atoms with Crippen LogP contribution < -0.4 is 15.6 Å². The highest BCUT2D eigenvalue weighted by Gasteiger charge is 2.27. The molecule has 0 spiro atoms. The van der Waals surface area contributed by atoms with Crippen molar-refractivity contribution in [3.63, 3.8) is 0 Å². The molecule has 1 aliphatic carbocycles. The number of nitrogens with one attached hydrogen (secondary N) is 1. The van der Waals surface area contributed by atoms with Gasteiger partial charge in [0.2, 0.25) is 11.7 Å². The van der Waals surface area contributed by atoms with Gasteiger partial charge in [-0.2, -0.15) is 4.98 Å². The average molecular weight is 434 g/mol. The molecular formula is C22H25ClFN3O3. The number of anilines is 1. The first-order chi connectivity index (χ1) is 14.2. The Balaban J connectivity index is 2.02. The Morgan fingerprint density at radius 1 is 1.33 bits per heavy atom. The van der Waals surface area contributed by atoms with Gasteiger partial charge in [-0.3, -0.25) is 4.79 Å². The van der Waals surface area contributed by atoms with E-state index in [1.54, 1.807) is 16.8 Å². The molecule has 2 aromatic rings. The molecular weight excluding hydrogens is 409 g/mol. The van der Waals surface area contributed by atoms with Crippen molar-refractivity contribution in [2.75, 3.05) is 19.0 Å². The summed E-state index contributed by atoms with van der Waals surface area (Å²) in [5.74, 6) is 0.738. The fourth-order valence-corrected chi connectivity index (χ4v) is 3.43. The summed E-state index contributed by atoms with van der Waals surface area (Å²) in [5.41, 5.74) is 0.771. The average Bonchev–Trinajstić information content (AvgIpc) is 2.66. The topological polar surface area (TPSA) is 65.4 Å². The van der Waals surface area contributed by atoms with E-state index in [0.717, 1.165) is 17.9 Å². The smallest absolute Gasteiger partial charge is 0.316 e. The zero-order valence-electron chi connectivity index (χ0n) is 17.5. The maximum absolute atomic E-state index is 13.8. The lowest BCUT2D eigenvalue weighted by atomic mass is 9.82. The molecule has 1 aliphatic rings. The highest BCUT2D eigenvalue weighted by Crippen LogP contribution is 2.36. The van der Waals surface area contributed by atoms with Crippen LogP contribution in [0.25, 0.3) is 0 Å². The Bertz CT molecular complexity index is 1040. The summed E-state index contributed by atoms with van der Waals surface area (Å²) in [6.45, 7) is 6.90. The van der Waals surface area contributed by atoms with E-state index in [9.17, 15) is 9.18 Å². The van der Waals surface area contributed by atoms with Crippen LogP contribution in [0.2, 0.25) is 5.02 Å². The predicted molar refractivity (Wildman–Crippen MR) is 115 cm³/mol. The van der Waals surface area contributed by atoms with Gasteiger partial charge in [0.05, 0.1) is 26.5 Å². The fourth-order valence-electron chi connectivity index (χ4n) is 3.19. The minimum absolute atomic E-state index is 0.0924. The molecule has 160 valence electrons. The first kappa shape index (κ1) is 21.9. The first-order valence-electron chi connectivity index (χ1n) is 9.64. The summed E-state index contributed by atoms with van der Waals surface area (Å²) in [6, 6.07) is 4.30. The number of methoxy groups -OCH3 is 1. The number of ether oxygens (including phenoxy) is 2. The third-order valence-electron chi connectivity index (χ3n) is 4.85. The normalized spacial score (nSPS) is 15.3. The maximum atomic E-state index is 13.8. The standard InChI is InChI=1S/C22H25ClFN3O3/c1-5-30-17-6-7-22(2,3)19(11-17)25-21-26-20(28)18(29-4)13-27(21)12-14-8-15(23)10-16(24)9-14/h6,8-11,13H,5,7,12H2,1-4H3,(H,25,26,28). The number of benzene rings is 1. The molecule has 6 nitrogen and oxygen atoms in total. The molecule has 8 heteroatoms. The largest absolute Gasteiger partial charge is 0.494 e. The van der Waals surface area contributed by atoms with E-state index in [-0.39, 0.29) is 17.7 Å². The van der Waals surface area contributed by atoms with Crippen LogP contribution in [0, 0.1) is 11.2 Å². The summed E-state index contributed by atoms with van der Waals surface area (Å²) in [7, 11) is 1.40. The molecule has 1 aromatic heterocycles. The van der Waals surface area contributed by atoms with Crippen molar-refractivity contribution in [3.8, 4) is 5.75 Å². The Labute approximate surface area is 180 Å². The molecule has 0 radical (unpaired) electrons. The van der Waals surface area contributed by atoms with Gasteiger partial charge in [0.1, 0.15) is 11.6 Å². The van der Waals surface area contributed by atoms with Gasteiger partial charge in [-0.1, -0.05) is 25.4 Å². The molecule has 30 heavy (non-hydrogen) atoms. The van der Waals surface area contributed by atoms with Crippen molar-refractivity contribution >= 4 is 17.5 Å². The molecule has 0 saturated carbocycles.